The number of ether oxygens (including phenoxy) is 1. The number of pyridine rings is 2. The van der Waals surface area contributed by atoms with Crippen LogP contribution in [0.3, 0.4) is 0 Å². The number of rotatable bonds is 5. The summed E-state index contributed by atoms with van der Waals surface area (Å²) in [4.78, 5) is 19.5. The van der Waals surface area contributed by atoms with E-state index in [1.54, 1.807) is 25.1 Å². The van der Waals surface area contributed by atoms with Crippen molar-refractivity contribution in [3.8, 4) is 17.0 Å². The van der Waals surface area contributed by atoms with Crippen molar-refractivity contribution >= 4 is 50.1 Å². The van der Waals surface area contributed by atoms with Gasteiger partial charge in [0, 0.05) is 35.0 Å². The maximum Gasteiger partial charge on any atom is 0.299 e. The number of benzene rings is 1. The van der Waals surface area contributed by atoms with Crippen LogP contribution in [-0.4, -0.2) is 40.4 Å². The zero-order chi connectivity index (χ0) is 25.8. The van der Waals surface area contributed by atoms with Gasteiger partial charge in [-0.25, -0.2) is 12.8 Å². The van der Waals surface area contributed by atoms with Crippen molar-refractivity contribution in [1.82, 2.24) is 19.7 Å². The highest BCUT2D eigenvalue weighted by molar-refractivity contribution is 7.90. The van der Waals surface area contributed by atoms with Crippen LogP contribution in [0.1, 0.15) is 24.1 Å². The van der Waals surface area contributed by atoms with Crippen molar-refractivity contribution in [3.63, 3.8) is 0 Å². The van der Waals surface area contributed by atoms with E-state index in [0.29, 0.717) is 28.0 Å². The minimum atomic E-state index is -3.26. The highest BCUT2D eigenvalue weighted by atomic mass is 32.2. The summed E-state index contributed by atoms with van der Waals surface area (Å²) in [5, 5.41) is 7.90. The number of fused-ring (bicyclic) bond motifs is 2. The minimum absolute atomic E-state index is 0.0373. The number of nitrogen functional groups attached to an aromatic ring is 2. The molecule has 0 saturated heterocycles. The summed E-state index contributed by atoms with van der Waals surface area (Å²) in [5.74, 6) is -0.760. The third-order valence-corrected chi connectivity index (χ3v) is 7.80. The maximum atomic E-state index is 15.4. The highest BCUT2D eigenvalue weighted by Crippen LogP contribution is 2.40. The first-order chi connectivity index (χ1) is 17.1. The van der Waals surface area contributed by atoms with Gasteiger partial charge in [-0.15, -0.1) is 0 Å². The van der Waals surface area contributed by atoms with Gasteiger partial charge in [-0.05, 0) is 30.0 Å². The lowest BCUT2D eigenvalue weighted by Crippen LogP contribution is -2.27. The first-order valence-electron chi connectivity index (χ1n) is 10.9. The van der Waals surface area contributed by atoms with Crippen LogP contribution in [0.2, 0.25) is 0 Å². The van der Waals surface area contributed by atoms with Crippen LogP contribution in [0, 0.1) is 12.7 Å². The van der Waals surface area contributed by atoms with Gasteiger partial charge < -0.3 is 21.5 Å². The number of carbonyl (C=O) groups excluding carboxylic acids is 1. The molecule has 0 spiro atoms. The van der Waals surface area contributed by atoms with E-state index in [-0.39, 0.29) is 52.4 Å². The molecule has 0 radical (unpaired) electrons. The number of sulfone groups is 1. The third kappa shape index (κ3) is 3.96. The molecule has 4 heterocycles. The SMILES string of the molecule is Cc1c(N)cncc1-c1cc2cc(Nc3cc4n(n3)CS(=O)(=O)CC4C)nc(OC=O)c2c(N)c1F. The van der Waals surface area contributed by atoms with Gasteiger partial charge >= 0.3 is 0 Å². The lowest BCUT2D eigenvalue weighted by molar-refractivity contribution is -0.120. The maximum absolute atomic E-state index is 15.4. The van der Waals surface area contributed by atoms with Gasteiger partial charge in [-0.2, -0.15) is 10.1 Å². The summed E-state index contributed by atoms with van der Waals surface area (Å²) in [6.07, 6.45) is 2.96. The second kappa shape index (κ2) is 8.45. The number of nitrogens with two attached hydrogens (primary N) is 2. The number of nitrogens with zero attached hydrogens (tertiary/aromatic N) is 4. The third-order valence-electron chi connectivity index (χ3n) is 6.16. The average molecular weight is 512 g/mol. The van der Waals surface area contributed by atoms with Gasteiger partial charge in [0.1, 0.15) is 11.7 Å². The number of halogens is 1. The Morgan fingerprint density at radius 2 is 1.97 bits per heavy atom. The molecule has 36 heavy (non-hydrogen) atoms. The minimum Gasteiger partial charge on any atom is -0.409 e. The van der Waals surface area contributed by atoms with Crippen LogP contribution >= 0.6 is 0 Å². The standard InChI is InChI=1S/C23H22FN7O4S/c1-11-8-36(33,34)9-31-17(11)5-19(30-31)28-18-4-13-3-14(15-6-27-7-16(25)12(15)2)21(24)22(26)20(13)23(29-18)35-10-32/h3-7,10-11H,8-9,25-26H2,1-2H3,(H,28,29,30). The van der Waals surface area contributed by atoms with Crippen LogP contribution in [0.4, 0.5) is 27.4 Å². The predicted octanol–water partition coefficient (Wildman–Crippen LogP) is 2.87. The number of hydrogen-bond acceptors (Lipinski definition) is 10. The van der Waals surface area contributed by atoms with Gasteiger partial charge in [-0.3, -0.25) is 14.5 Å². The van der Waals surface area contributed by atoms with E-state index in [9.17, 15) is 13.2 Å². The molecule has 11 nitrogen and oxygen atoms in total. The predicted molar refractivity (Wildman–Crippen MR) is 133 cm³/mol. The van der Waals surface area contributed by atoms with Crippen molar-refractivity contribution in [2.45, 2.75) is 25.6 Å². The molecule has 0 saturated carbocycles. The van der Waals surface area contributed by atoms with Crippen molar-refractivity contribution < 1.29 is 22.3 Å². The Hall–Kier alpha value is -4.26. The van der Waals surface area contributed by atoms with Crippen molar-refractivity contribution in [1.29, 1.82) is 0 Å². The fourth-order valence-corrected chi connectivity index (χ4v) is 6.05. The van der Waals surface area contributed by atoms with Gasteiger partial charge in [0.25, 0.3) is 6.47 Å². The Morgan fingerprint density at radius 3 is 2.72 bits per heavy atom. The molecular formula is C23H22FN7O4S. The molecule has 1 unspecified atom stereocenters. The fourth-order valence-electron chi connectivity index (χ4n) is 4.43. The molecule has 0 fully saturated rings. The Labute approximate surface area is 205 Å². The molecule has 5 N–H and O–H groups in total. The molecule has 1 aliphatic heterocycles. The Morgan fingerprint density at radius 1 is 1.19 bits per heavy atom. The number of aromatic nitrogens is 4. The summed E-state index contributed by atoms with van der Waals surface area (Å²) in [5.41, 5.74) is 14.3. The molecule has 4 aromatic rings. The first kappa shape index (κ1) is 23.5. The molecule has 0 bridgehead atoms. The van der Waals surface area contributed by atoms with Gasteiger partial charge in [0.2, 0.25) is 5.88 Å². The molecule has 1 aliphatic rings. The second-order valence-corrected chi connectivity index (χ2v) is 10.8. The second-order valence-electron chi connectivity index (χ2n) is 8.70. The summed E-state index contributed by atoms with van der Waals surface area (Å²) in [6, 6.07) is 4.87. The van der Waals surface area contributed by atoms with Crippen LogP contribution in [0.5, 0.6) is 5.88 Å². The topological polar surface area (TPSA) is 168 Å². The molecule has 13 heteroatoms. The summed E-state index contributed by atoms with van der Waals surface area (Å²) >= 11 is 0. The molecule has 186 valence electrons. The van der Waals surface area contributed by atoms with Gasteiger partial charge in [-0.1, -0.05) is 6.92 Å². The zero-order valence-corrected chi connectivity index (χ0v) is 20.1. The monoisotopic (exact) mass is 511 g/mol. The van der Waals surface area contributed by atoms with Crippen LogP contribution in [0.15, 0.2) is 30.6 Å². The van der Waals surface area contributed by atoms with E-state index < -0.39 is 15.7 Å². The van der Waals surface area contributed by atoms with E-state index >= 15 is 4.39 Å². The van der Waals surface area contributed by atoms with E-state index in [1.807, 2.05) is 6.92 Å². The quantitative estimate of drug-likeness (QED) is 0.268. The Balaban J connectivity index is 1.64. The van der Waals surface area contributed by atoms with Gasteiger partial charge in [0.05, 0.1) is 28.7 Å². The molecule has 0 aliphatic carbocycles. The summed E-state index contributed by atoms with van der Waals surface area (Å²) in [7, 11) is -3.26. The first-order valence-corrected chi connectivity index (χ1v) is 12.7. The molecule has 0 amide bonds. The molecule has 3 aromatic heterocycles. The Bertz CT molecular complexity index is 1650. The molecular weight excluding hydrogens is 489 g/mol. The van der Waals surface area contributed by atoms with Crippen molar-refractivity contribution in [3.05, 3.63) is 47.7 Å². The van der Waals surface area contributed by atoms with E-state index in [1.165, 1.54) is 17.1 Å². The van der Waals surface area contributed by atoms with Crippen LogP contribution < -0.4 is 21.5 Å². The Kier molecular flexibility index (Phi) is 5.51. The van der Waals surface area contributed by atoms with Crippen LogP contribution in [0.25, 0.3) is 21.9 Å². The number of hydrogen-bond donors (Lipinski definition) is 3. The normalized spacial score (nSPS) is 16.5. The number of nitrogens with one attached hydrogen (secondary N) is 1. The fraction of sp³-hybridized carbons (Fsp3) is 0.217. The molecule has 1 aromatic carbocycles. The van der Waals surface area contributed by atoms with Crippen molar-refractivity contribution in [2.24, 2.45) is 0 Å². The molecule has 1 atom stereocenters. The van der Waals surface area contributed by atoms with Crippen LogP contribution in [-0.2, 0) is 20.5 Å². The smallest absolute Gasteiger partial charge is 0.299 e. The zero-order valence-electron chi connectivity index (χ0n) is 19.3. The van der Waals surface area contributed by atoms with E-state index in [0.717, 1.165) is 5.69 Å². The number of carbonyl (C=O) groups is 1. The lowest BCUT2D eigenvalue weighted by atomic mass is 9.97. The van der Waals surface area contributed by atoms with E-state index in [2.05, 4.69) is 20.4 Å². The van der Waals surface area contributed by atoms with Crippen molar-refractivity contribution in [2.75, 3.05) is 22.5 Å². The molecule has 5 rings (SSSR count). The lowest BCUT2D eigenvalue weighted by Gasteiger charge is -2.19. The van der Waals surface area contributed by atoms with Gasteiger partial charge in [0.15, 0.2) is 21.5 Å². The average Bonchev–Trinajstić information content (AvgIpc) is 3.19. The highest BCUT2D eigenvalue weighted by Gasteiger charge is 2.29. The van der Waals surface area contributed by atoms with E-state index in [4.69, 9.17) is 16.2 Å². The largest absolute Gasteiger partial charge is 0.409 e. The number of anilines is 4. The summed E-state index contributed by atoms with van der Waals surface area (Å²) in [6.45, 7) is 3.73. The summed E-state index contributed by atoms with van der Waals surface area (Å²) < 4.78 is 46.1.